The number of carbonyl (C=O) groups excluding carboxylic acids is 3. The van der Waals surface area contributed by atoms with Crippen LogP contribution >= 0.6 is 0 Å². The molecule has 2 heterocycles. The molecule has 0 saturated carbocycles. The van der Waals surface area contributed by atoms with Crippen LogP contribution in [0.4, 0.5) is 4.79 Å². The zero-order chi connectivity index (χ0) is 21.6. The lowest BCUT2D eigenvalue weighted by molar-refractivity contribution is -0.134. The minimum Gasteiger partial charge on any atom is -0.454 e. The zero-order valence-corrected chi connectivity index (χ0v) is 17.2. The minimum atomic E-state index is -1.17. The van der Waals surface area contributed by atoms with Gasteiger partial charge in [-0.1, -0.05) is 24.3 Å². The summed E-state index contributed by atoms with van der Waals surface area (Å²) in [5.41, 5.74) is 2.92. The number of nitrogens with zero attached hydrogens (tertiary/aromatic N) is 1. The zero-order valence-electron chi connectivity index (χ0n) is 17.2. The number of fused-ring (bicyclic) bond motifs is 2. The number of nitrogens with one attached hydrogen (secondary N) is 2. The van der Waals surface area contributed by atoms with E-state index in [1.54, 1.807) is 19.1 Å². The Morgan fingerprint density at radius 3 is 2.77 bits per heavy atom. The number of urea groups is 1. The Balaban J connectivity index is 1.25. The third-order valence-corrected chi connectivity index (χ3v) is 6.18. The largest absolute Gasteiger partial charge is 0.454 e. The van der Waals surface area contributed by atoms with Crippen molar-refractivity contribution >= 4 is 17.8 Å². The van der Waals surface area contributed by atoms with Gasteiger partial charge in [-0.25, -0.2) is 4.79 Å². The highest BCUT2D eigenvalue weighted by molar-refractivity contribution is 6.09. The fourth-order valence-corrected chi connectivity index (χ4v) is 4.37. The highest BCUT2D eigenvalue weighted by atomic mass is 16.7. The van der Waals surface area contributed by atoms with Crippen molar-refractivity contribution < 1.29 is 23.9 Å². The van der Waals surface area contributed by atoms with Crippen molar-refractivity contribution in [2.45, 2.75) is 38.3 Å². The molecule has 2 aliphatic heterocycles. The van der Waals surface area contributed by atoms with Crippen LogP contribution in [0.3, 0.4) is 0 Å². The molecule has 0 spiro atoms. The van der Waals surface area contributed by atoms with E-state index >= 15 is 0 Å². The molecule has 0 radical (unpaired) electrons. The summed E-state index contributed by atoms with van der Waals surface area (Å²) in [5.74, 6) is 0.458. The molecular weight excluding hydrogens is 398 g/mol. The number of benzene rings is 2. The van der Waals surface area contributed by atoms with E-state index in [1.165, 1.54) is 11.1 Å². The Kier molecular flexibility index (Phi) is 4.57. The normalized spacial score (nSPS) is 21.3. The minimum absolute atomic E-state index is 0.181. The lowest BCUT2D eigenvalue weighted by Gasteiger charge is -2.23. The van der Waals surface area contributed by atoms with Crippen LogP contribution in [0.1, 0.15) is 35.6 Å². The molecule has 1 aliphatic carbocycles. The molecule has 31 heavy (non-hydrogen) atoms. The van der Waals surface area contributed by atoms with Gasteiger partial charge in [-0.2, -0.15) is 0 Å². The fraction of sp³-hybridized carbons (Fsp3) is 0.348. The quantitative estimate of drug-likeness (QED) is 0.720. The van der Waals surface area contributed by atoms with Crippen molar-refractivity contribution in [2.75, 3.05) is 13.3 Å². The summed E-state index contributed by atoms with van der Waals surface area (Å²) in [6.07, 6.45) is 3.13. The summed E-state index contributed by atoms with van der Waals surface area (Å²) in [6, 6.07) is 10.8. The number of hydrogen-bond acceptors (Lipinski definition) is 5. The lowest BCUT2D eigenvalue weighted by atomic mass is 9.89. The molecule has 8 heteroatoms. The molecule has 1 atom stereocenters. The van der Waals surface area contributed by atoms with Crippen molar-refractivity contribution in [2.24, 2.45) is 0 Å². The summed E-state index contributed by atoms with van der Waals surface area (Å²) in [4.78, 5) is 39.1. The molecular formula is C23H23N3O5. The molecule has 0 bridgehead atoms. The van der Waals surface area contributed by atoms with Crippen molar-refractivity contribution in [3.8, 4) is 11.5 Å². The van der Waals surface area contributed by atoms with Gasteiger partial charge < -0.3 is 20.1 Å². The van der Waals surface area contributed by atoms with Crippen molar-refractivity contribution in [3.63, 3.8) is 0 Å². The molecule has 160 valence electrons. The van der Waals surface area contributed by atoms with Crippen molar-refractivity contribution in [1.82, 2.24) is 15.5 Å². The standard InChI is InChI=1S/C23H23N3O5/c1-23(17-7-6-15-3-2-4-16(15)10-17)21(28)26(22(29)25-23)12-20(27)24-11-14-5-8-18-19(9-14)31-13-30-18/h5-10H,2-4,11-13H2,1H3,(H,24,27)(H,25,29). The maximum absolute atomic E-state index is 13.1. The van der Waals surface area contributed by atoms with E-state index in [0.717, 1.165) is 35.3 Å². The van der Waals surface area contributed by atoms with Crippen LogP contribution in [0.2, 0.25) is 0 Å². The van der Waals surface area contributed by atoms with Crippen LogP contribution in [0.25, 0.3) is 0 Å². The molecule has 1 unspecified atom stereocenters. The Morgan fingerprint density at radius 1 is 1.10 bits per heavy atom. The van der Waals surface area contributed by atoms with Crippen LogP contribution in [0.5, 0.6) is 11.5 Å². The third kappa shape index (κ3) is 3.37. The van der Waals surface area contributed by atoms with Crippen LogP contribution < -0.4 is 20.1 Å². The molecule has 1 fully saturated rings. The van der Waals surface area contributed by atoms with Gasteiger partial charge in [-0.15, -0.1) is 0 Å². The monoisotopic (exact) mass is 421 g/mol. The van der Waals surface area contributed by atoms with Crippen LogP contribution in [-0.2, 0) is 34.5 Å². The molecule has 1 saturated heterocycles. The molecule has 4 amide bonds. The second kappa shape index (κ2) is 7.30. The predicted octanol–water partition coefficient (Wildman–Crippen LogP) is 1.99. The predicted molar refractivity (Wildman–Crippen MR) is 110 cm³/mol. The van der Waals surface area contributed by atoms with E-state index < -0.39 is 23.4 Å². The average Bonchev–Trinajstić information content (AvgIpc) is 3.47. The number of amides is 4. The molecule has 2 aromatic rings. The Labute approximate surface area is 179 Å². The van der Waals surface area contributed by atoms with Gasteiger partial charge in [0.2, 0.25) is 12.7 Å². The summed E-state index contributed by atoms with van der Waals surface area (Å²) in [6.45, 7) is 1.78. The maximum atomic E-state index is 13.1. The second-order valence-electron chi connectivity index (χ2n) is 8.25. The highest BCUT2D eigenvalue weighted by Gasteiger charge is 2.49. The first-order chi connectivity index (χ1) is 14.9. The van der Waals surface area contributed by atoms with E-state index in [4.69, 9.17) is 9.47 Å². The number of carbonyl (C=O) groups is 3. The van der Waals surface area contributed by atoms with Crippen LogP contribution in [0, 0.1) is 0 Å². The van der Waals surface area contributed by atoms with Crippen LogP contribution in [0.15, 0.2) is 36.4 Å². The average molecular weight is 421 g/mol. The summed E-state index contributed by atoms with van der Waals surface area (Å²) in [7, 11) is 0. The maximum Gasteiger partial charge on any atom is 0.325 e. The van der Waals surface area contributed by atoms with E-state index in [9.17, 15) is 14.4 Å². The Bertz CT molecular complexity index is 1100. The van der Waals surface area contributed by atoms with E-state index in [2.05, 4.69) is 10.6 Å². The number of imide groups is 1. The molecule has 8 nitrogen and oxygen atoms in total. The summed E-state index contributed by atoms with van der Waals surface area (Å²) in [5, 5.41) is 5.52. The van der Waals surface area contributed by atoms with Gasteiger partial charge in [0.05, 0.1) is 0 Å². The van der Waals surface area contributed by atoms with Gasteiger partial charge in [-0.05, 0) is 60.6 Å². The van der Waals surface area contributed by atoms with E-state index in [0.29, 0.717) is 11.5 Å². The second-order valence-corrected chi connectivity index (χ2v) is 8.25. The SMILES string of the molecule is CC1(c2ccc3c(c2)CCC3)NC(=O)N(CC(=O)NCc2ccc3c(c2)OCO3)C1=O. The molecule has 5 rings (SSSR count). The topological polar surface area (TPSA) is 97.0 Å². The van der Waals surface area contributed by atoms with E-state index in [-0.39, 0.29) is 19.9 Å². The third-order valence-electron chi connectivity index (χ3n) is 6.18. The molecule has 2 aromatic carbocycles. The molecule has 3 aliphatic rings. The number of aryl methyl sites for hydroxylation is 2. The van der Waals surface area contributed by atoms with Gasteiger partial charge in [0.25, 0.3) is 5.91 Å². The first-order valence-corrected chi connectivity index (χ1v) is 10.4. The van der Waals surface area contributed by atoms with E-state index in [1.807, 2.05) is 24.3 Å². The Hall–Kier alpha value is -3.55. The van der Waals surface area contributed by atoms with Gasteiger partial charge in [0.1, 0.15) is 12.1 Å². The Morgan fingerprint density at radius 2 is 1.90 bits per heavy atom. The highest BCUT2D eigenvalue weighted by Crippen LogP contribution is 2.33. The van der Waals surface area contributed by atoms with Gasteiger partial charge >= 0.3 is 6.03 Å². The van der Waals surface area contributed by atoms with Gasteiger partial charge in [0.15, 0.2) is 11.5 Å². The van der Waals surface area contributed by atoms with Gasteiger partial charge in [-0.3, -0.25) is 14.5 Å². The van der Waals surface area contributed by atoms with Crippen molar-refractivity contribution in [3.05, 3.63) is 58.7 Å². The first kappa shape index (κ1) is 19.4. The lowest BCUT2D eigenvalue weighted by Crippen LogP contribution is -2.43. The van der Waals surface area contributed by atoms with Gasteiger partial charge in [0, 0.05) is 6.54 Å². The summed E-state index contributed by atoms with van der Waals surface area (Å²) >= 11 is 0. The summed E-state index contributed by atoms with van der Waals surface area (Å²) < 4.78 is 10.6. The van der Waals surface area contributed by atoms with Crippen LogP contribution in [-0.4, -0.2) is 36.1 Å². The fourth-order valence-electron chi connectivity index (χ4n) is 4.37. The smallest absolute Gasteiger partial charge is 0.325 e. The first-order valence-electron chi connectivity index (χ1n) is 10.4. The number of hydrogen-bond donors (Lipinski definition) is 2. The number of ether oxygens (including phenoxy) is 2. The molecule has 0 aromatic heterocycles. The van der Waals surface area contributed by atoms with Crippen molar-refractivity contribution in [1.29, 1.82) is 0 Å². The number of rotatable bonds is 5. The molecule has 2 N–H and O–H groups in total.